The highest BCUT2D eigenvalue weighted by Gasteiger charge is 2.11. The van der Waals surface area contributed by atoms with Crippen LogP contribution in [0.4, 0.5) is 16.2 Å². The number of benzene rings is 2. The minimum atomic E-state index is -0.420. The van der Waals surface area contributed by atoms with Gasteiger partial charge in [-0.2, -0.15) is 0 Å². The third-order valence-electron chi connectivity index (χ3n) is 3.57. The summed E-state index contributed by atoms with van der Waals surface area (Å²) in [7, 11) is 3.36. The zero-order chi connectivity index (χ0) is 19.8. The van der Waals surface area contributed by atoms with Gasteiger partial charge < -0.3 is 25.0 Å². The third-order valence-corrected chi connectivity index (χ3v) is 3.57. The van der Waals surface area contributed by atoms with Crippen LogP contribution < -0.4 is 20.1 Å². The van der Waals surface area contributed by atoms with Gasteiger partial charge in [-0.05, 0) is 44.2 Å². The molecule has 0 aliphatic heterocycles. The van der Waals surface area contributed by atoms with Crippen LogP contribution in [0.1, 0.15) is 24.2 Å². The van der Waals surface area contributed by atoms with Gasteiger partial charge in [-0.25, -0.2) is 4.79 Å². The van der Waals surface area contributed by atoms with Crippen LogP contribution in [0.15, 0.2) is 42.5 Å². The van der Waals surface area contributed by atoms with E-state index in [1.165, 1.54) is 4.90 Å². The SMILES string of the molecule is CCOc1ccc(NC(=O)Nc2cccc(C(=O)N(C)C)c2)cc1OCC. The number of nitrogens with one attached hydrogen (secondary N) is 2. The second-order valence-corrected chi connectivity index (χ2v) is 5.89. The van der Waals surface area contributed by atoms with Crippen LogP contribution in [0.5, 0.6) is 11.5 Å². The number of hydrogen-bond acceptors (Lipinski definition) is 4. The monoisotopic (exact) mass is 371 g/mol. The topological polar surface area (TPSA) is 79.9 Å². The van der Waals surface area contributed by atoms with Crippen LogP contribution in [0.25, 0.3) is 0 Å². The summed E-state index contributed by atoms with van der Waals surface area (Å²) in [5.74, 6) is 1.06. The predicted octanol–water partition coefficient (Wildman–Crippen LogP) is 3.83. The Morgan fingerprint density at radius 2 is 1.52 bits per heavy atom. The van der Waals surface area contributed by atoms with E-state index in [0.717, 1.165) is 0 Å². The largest absolute Gasteiger partial charge is 0.490 e. The summed E-state index contributed by atoms with van der Waals surface area (Å²) >= 11 is 0. The summed E-state index contributed by atoms with van der Waals surface area (Å²) in [6.07, 6.45) is 0. The first-order valence-corrected chi connectivity index (χ1v) is 8.74. The maximum absolute atomic E-state index is 12.3. The normalized spacial score (nSPS) is 10.1. The van der Waals surface area contributed by atoms with E-state index in [1.54, 1.807) is 56.6 Å². The minimum absolute atomic E-state index is 0.132. The van der Waals surface area contributed by atoms with Gasteiger partial charge in [-0.15, -0.1) is 0 Å². The maximum atomic E-state index is 12.3. The van der Waals surface area contributed by atoms with Crippen molar-refractivity contribution in [1.29, 1.82) is 0 Å². The first-order chi connectivity index (χ1) is 12.9. The van der Waals surface area contributed by atoms with Gasteiger partial charge in [0.1, 0.15) is 0 Å². The van der Waals surface area contributed by atoms with Crippen molar-refractivity contribution >= 4 is 23.3 Å². The van der Waals surface area contributed by atoms with Crippen LogP contribution in [-0.4, -0.2) is 44.1 Å². The molecule has 7 nitrogen and oxygen atoms in total. The van der Waals surface area contributed by atoms with Gasteiger partial charge >= 0.3 is 6.03 Å². The number of rotatable bonds is 7. The smallest absolute Gasteiger partial charge is 0.323 e. The lowest BCUT2D eigenvalue weighted by molar-refractivity contribution is 0.0827. The molecule has 0 radical (unpaired) electrons. The van der Waals surface area contributed by atoms with E-state index in [-0.39, 0.29) is 5.91 Å². The molecule has 0 aliphatic carbocycles. The average molecular weight is 371 g/mol. The van der Waals surface area contributed by atoms with E-state index in [0.29, 0.717) is 41.7 Å². The molecule has 0 fully saturated rings. The highest BCUT2D eigenvalue weighted by molar-refractivity contribution is 6.01. The summed E-state index contributed by atoms with van der Waals surface area (Å²) in [6, 6.07) is 11.5. The number of ether oxygens (including phenoxy) is 2. The Bertz CT molecular complexity index is 806. The Morgan fingerprint density at radius 3 is 2.15 bits per heavy atom. The number of anilines is 2. The summed E-state index contributed by atoms with van der Waals surface area (Å²) < 4.78 is 11.1. The fraction of sp³-hybridized carbons (Fsp3) is 0.300. The molecule has 0 aromatic heterocycles. The number of nitrogens with zero attached hydrogens (tertiary/aromatic N) is 1. The van der Waals surface area contributed by atoms with Crippen molar-refractivity contribution in [2.45, 2.75) is 13.8 Å². The van der Waals surface area contributed by atoms with E-state index >= 15 is 0 Å². The summed E-state index contributed by atoms with van der Waals surface area (Å²) in [5, 5.41) is 5.47. The molecular weight excluding hydrogens is 346 g/mol. The lowest BCUT2D eigenvalue weighted by Gasteiger charge is -2.14. The van der Waals surface area contributed by atoms with Crippen molar-refractivity contribution in [3.05, 3.63) is 48.0 Å². The molecule has 27 heavy (non-hydrogen) atoms. The number of urea groups is 1. The fourth-order valence-electron chi connectivity index (χ4n) is 2.41. The van der Waals surface area contributed by atoms with Gasteiger partial charge in [-0.3, -0.25) is 4.79 Å². The third kappa shape index (κ3) is 5.64. The van der Waals surface area contributed by atoms with E-state index in [2.05, 4.69) is 10.6 Å². The van der Waals surface area contributed by atoms with Gasteiger partial charge in [0, 0.05) is 37.1 Å². The maximum Gasteiger partial charge on any atom is 0.323 e. The Hall–Kier alpha value is -3.22. The van der Waals surface area contributed by atoms with Crippen molar-refractivity contribution in [2.24, 2.45) is 0 Å². The lowest BCUT2D eigenvalue weighted by atomic mass is 10.2. The second-order valence-electron chi connectivity index (χ2n) is 5.89. The molecule has 2 aromatic carbocycles. The van der Waals surface area contributed by atoms with Gasteiger partial charge in [0.25, 0.3) is 5.91 Å². The molecular formula is C20H25N3O4. The fourth-order valence-corrected chi connectivity index (χ4v) is 2.41. The molecule has 0 aliphatic rings. The Labute approximate surface area is 159 Å². The van der Waals surface area contributed by atoms with E-state index in [1.807, 2.05) is 13.8 Å². The van der Waals surface area contributed by atoms with Gasteiger partial charge in [-0.1, -0.05) is 6.07 Å². The first kappa shape index (κ1) is 20.1. The summed E-state index contributed by atoms with van der Waals surface area (Å²) in [5.41, 5.74) is 1.59. The van der Waals surface area contributed by atoms with Gasteiger partial charge in [0.15, 0.2) is 11.5 Å². The quantitative estimate of drug-likeness (QED) is 0.775. The Morgan fingerprint density at radius 1 is 0.889 bits per heavy atom. The van der Waals surface area contributed by atoms with Crippen molar-refractivity contribution in [2.75, 3.05) is 37.9 Å². The zero-order valence-electron chi connectivity index (χ0n) is 16.0. The van der Waals surface area contributed by atoms with Crippen LogP contribution in [0.2, 0.25) is 0 Å². The van der Waals surface area contributed by atoms with Crippen LogP contribution >= 0.6 is 0 Å². The predicted molar refractivity (Wildman–Crippen MR) is 106 cm³/mol. The Kier molecular flexibility index (Phi) is 7.05. The van der Waals surface area contributed by atoms with Crippen LogP contribution in [-0.2, 0) is 0 Å². The van der Waals surface area contributed by atoms with Crippen molar-refractivity contribution in [1.82, 2.24) is 4.90 Å². The highest BCUT2D eigenvalue weighted by atomic mass is 16.5. The number of hydrogen-bond donors (Lipinski definition) is 2. The molecule has 0 bridgehead atoms. The standard InChI is InChI=1S/C20H25N3O4/c1-5-26-17-11-10-16(13-18(17)27-6-2)22-20(25)21-15-9-7-8-14(12-15)19(24)23(3)4/h7-13H,5-6H2,1-4H3,(H2,21,22,25). The minimum Gasteiger partial charge on any atom is -0.490 e. The average Bonchev–Trinajstić information content (AvgIpc) is 2.63. The molecule has 2 aromatic rings. The van der Waals surface area contributed by atoms with Crippen LogP contribution in [0.3, 0.4) is 0 Å². The van der Waals surface area contributed by atoms with E-state index < -0.39 is 6.03 Å². The van der Waals surface area contributed by atoms with Gasteiger partial charge in [0.05, 0.1) is 13.2 Å². The van der Waals surface area contributed by atoms with Gasteiger partial charge in [0.2, 0.25) is 0 Å². The molecule has 0 spiro atoms. The van der Waals surface area contributed by atoms with E-state index in [4.69, 9.17) is 9.47 Å². The molecule has 0 heterocycles. The molecule has 144 valence electrons. The van der Waals surface area contributed by atoms with Crippen molar-refractivity contribution in [3.63, 3.8) is 0 Å². The molecule has 3 amide bonds. The molecule has 0 atom stereocenters. The summed E-state index contributed by atoms with van der Waals surface area (Å²) in [4.78, 5) is 25.8. The summed E-state index contributed by atoms with van der Waals surface area (Å²) in [6.45, 7) is 4.78. The van der Waals surface area contributed by atoms with E-state index in [9.17, 15) is 9.59 Å². The molecule has 2 N–H and O–H groups in total. The molecule has 0 saturated heterocycles. The number of carbonyl (C=O) groups is 2. The van der Waals surface area contributed by atoms with Crippen molar-refractivity contribution < 1.29 is 19.1 Å². The molecule has 7 heteroatoms. The molecule has 2 rings (SSSR count). The second kappa shape index (κ2) is 9.47. The first-order valence-electron chi connectivity index (χ1n) is 8.74. The zero-order valence-corrected chi connectivity index (χ0v) is 16.0. The number of carbonyl (C=O) groups excluding carboxylic acids is 2. The highest BCUT2D eigenvalue weighted by Crippen LogP contribution is 2.30. The lowest BCUT2D eigenvalue weighted by Crippen LogP contribution is -2.22. The van der Waals surface area contributed by atoms with Crippen molar-refractivity contribution in [3.8, 4) is 11.5 Å². The number of amides is 3. The molecule has 0 unspecified atom stereocenters. The molecule has 0 saturated carbocycles. The Balaban J connectivity index is 2.08. The van der Waals surface area contributed by atoms with Crippen LogP contribution in [0, 0.1) is 0 Å².